The Morgan fingerprint density at radius 1 is 1.06 bits per heavy atom. The summed E-state index contributed by atoms with van der Waals surface area (Å²) in [5.74, 6) is -2.11. The summed E-state index contributed by atoms with van der Waals surface area (Å²) in [6.07, 6.45) is 0. The largest absolute Gasteiger partial charge is 0.478 e. The molecule has 2 aromatic rings. The Bertz CT molecular complexity index is 593. The second-order valence-corrected chi connectivity index (χ2v) is 3.78. The van der Waals surface area contributed by atoms with Gasteiger partial charge in [0.25, 0.3) is 0 Å². The zero-order valence-corrected chi connectivity index (χ0v) is 9.43. The summed E-state index contributed by atoms with van der Waals surface area (Å²) in [6.45, 7) is -0.230. The Morgan fingerprint density at radius 2 is 1.72 bits per heavy atom. The normalized spacial score (nSPS) is 10.3. The van der Waals surface area contributed by atoms with E-state index < -0.39 is 11.8 Å². The number of halogens is 1. The number of aliphatic hydroxyl groups excluding tert-OH is 1. The van der Waals surface area contributed by atoms with E-state index in [9.17, 15) is 14.3 Å². The molecule has 0 unspecified atom stereocenters. The van der Waals surface area contributed by atoms with Crippen molar-refractivity contribution < 1.29 is 19.4 Å². The van der Waals surface area contributed by atoms with Gasteiger partial charge in [-0.1, -0.05) is 36.4 Å². The topological polar surface area (TPSA) is 57.5 Å². The molecule has 18 heavy (non-hydrogen) atoms. The molecule has 2 rings (SSSR count). The van der Waals surface area contributed by atoms with Crippen molar-refractivity contribution in [2.24, 2.45) is 0 Å². The van der Waals surface area contributed by atoms with Crippen LogP contribution >= 0.6 is 0 Å². The SMILES string of the molecule is O=C(O)c1c(F)cccc1-c1ccccc1CO. The highest BCUT2D eigenvalue weighted by atomic mass is 19.1. The van der Waals surface area contributed by atoms with E-state index in [1.807, 2.05) is 0 Å². The summed E-state index contributed by atoms with van der Waals surface area (Å²) >= 11 is 0. The summed E-state index contributed by atoms with van der Waals surface area (Å²) in [5, 5.41) is 18.3. The number of carboxylic acids is 1. The van der Waals surface area contributed by atoms with Gasteiger partial charge in [-0.3, -0.25) is 0 Å². The van der Waals surface area contributed by atoms with Crippen LogP contribution in [0.5, 0.6) is 0 Å². The number of carbonyl (C=O) groups is 1. The monoisotopic (exact) mass is 246 g/mol. The van der Waals surface area contributed by atoms with Crippen molar-refractivity contribution in [1.29, 1.82) is 0 Å². The van der Waals surface area contributed by atoms with Gasteiger partial charge < -0.3 is 10.2 Å². The van der Waals surface area contributed by atoms with Crippen LogP contribution in [0.1, 0.15) is 15.9 Å². The Morgan fingerprint density at radius 3 is 2.39 bits per heavy atom. The standard InChI is InChI=1S/C14H11FO3/c15-12-7-3-6-11(13(12)14(17)18)10-5-2-1-4-9(10)8-16/h1-7,16H,8H2,(H,17,18). The maximum Gasteiger partial charge on any atom is 0.339 e. The predicted octanol–water partition coefficient (Wildman–Crippen LogP) is 2.68. The summed E-state index contributed by atoms with van der Waals surface area (Å²) in [7, 11) is 0. The van der Waals surface area contributed by atoms with Gasteiger partial charge in [-0.25, -0.2) is 9.18 Å². The van der Waals surface area contributed by atoms with Gasteiger partial charge in [0.2, 0.25) is 0 Å². The molecular weight excluding hydrogens is 235 g/mol. The maximum atomic E-state index is 13.6. The van der Waals surface area contributed by atoms with E-state index in [2.05, 4.69) is 0 Å². The van der Waals surface area contributed by atoms with Crippen molar-refractivity contribution in [3.8, 4) is 11.1 Å². The quantitative estimate of drug-likeness (QED) is 0.875. The molecular formula is C14H11FO3. The van der Waals surface area contributed by atoms with Gasteiger partial charge in [0.1, 0.15) is 11.4 Å². The molecule has 0 aromatic heterocycles. The predicted molar refractivity (Wildman–Crippen MR) is 64.7 cm³/mol. The molecule has 0 atom stereocenters. The molecule has 0 amide bonds. The van der Waals surface area contributed by atoms with Crippen LogP contribution < -0.4 is 0 Å². The molecule has 0 saturated heterocycles. The van der Waals surface area contributed by atoms with Gasteiger partial charge in [-0.15, -0.1) is 0 Å². The van der Waals surface area contributed by atoms with Crippen molar-refractivity contribution in [3.63, 3.8) is 0 Å². The molecule has 0 aliphatic heterocycles. The molecule has 0 aliphatic rings. The summed E-state index contributed by atoms with van der Waals surface area (Å²) < 4.78 is 13.6. The average molecular weight is 246 g/mol. The summed E-state index contributed by atoms with van der Waals surface area (Å²) in [6, 6.07) is 10.9. The minimum atomic E-state index is -1.32. The van der Waals surface area contributed by atoms with Gasteiger partial charge in [0, 0.05) is 0 Å². The van der Waals surface area contributed by atoms with E-state index >= 15 is 0 Å². The number of aromatic carboxylic acids is 1. The number of rotatable bonds is 3. The average Bonchev–Trinajstić information content (AvgIpc) is 2.38. The molecule has 0 spiro atoms. The molecule has 0 saturated carbocycles. The van der Waals surface area contributed by atoms with Crippen LogP contribution in [0.25, 0.3) is 11.1 Å². The lowest BCUT2D eigenvalue weighted by Gasteiger charge is -2.10. The van der Waals surface area contributed by atoms with Crippen LogP contribution in [-0.4, -0.2) is 16.2 Å². The molecule has 0 aliphatic carbocycles. The fraction of sp³-hybridized carbons (Fsp3) is 0.0714. The number of hydrogen-bond acceptors (Lipinski definition) is 2. The first-order valence-electron chi connectivity index (χ1n) is 5.36. The third-order valence-electron chi connectivity index (χ3n) is 2.71. The molecule has 2 aromatic carbocycles. The minimum absolute atomic E-state index is 0.230. The first-order valence-corrected chi connectivity index (χ1v) is 5.36. The number of benzene rings is 2. The van der Waals surface area contributed by atoms with Gasteiger partial charge in [-0.2, -0.15) is 0 Å². The molecule has 92 valence electrons. The van der Waals surface area contributed by atoms with Gasteiger partial charge in [0.15, 0.2) is 0 Å². The molecule has 2 N–H and O–H groups in total. The maximum absolute atomic E-state index is 13.6. The Balaban J connectivity index is 2.71. The van der Waals surface area contributed by atoms with Crippen LogP contribution in [0.3, 0.4) is 0 Å². The van der Waals surface area contributed by atoms with Gasteiger partial charge in [-0.05, 0) is 22.8 Å². The number of hydrogen-bond donors (Lipinski definition) is 2. The molecule has 4 heteroatoms. The van der Waals surface area contributed by atoms with Crippen LogP contribution in [0, 0.1) is 5.82 Å². The van der Waals surface area contributed by atoms with Crippen molar-refractivity contribution in [3.05, 3.63) is 59.4 Å². The zero-order chi connectivity index (χ0) is 13.1. The summed E-state index contributed by atoms with van der Waals surface area (Å²) in [4.78, 5) is 11.1. The van der Waals surface area contributed by atoms with Crippen molar-refractivity contribution >= 4 is 5.97 Å². The Kier molecular flexibility index (Phi) is 3.39. The van der Waals surface area contributed by atoms with Crippen LogP contribution in [0.4, 0.5) is 4.39 Å². The van der Waals surface area contributed by atoms with Crippen LogP contribution in [0.15, 0.2) is 42.5 Å². The van der Waals surface area contributed by atoms with Crippen LogP contribution in [-0.2, 0) is 6.61 Å². The second kappa shape index (κ2) is 4.98. The molecule has 3 nitrogen and oxygen atoms in total. The highest BCUT2D eigenvalue weighted by Gasteiger charge is 2.18. The van der Waals surface area contributed by atoms with Gasteiger partial charge >= 0.3 is 5.97 Å². The first-order chi connectivity index (χ1) is 8.65. The lowest BCUT2D eigenvalue weighted by molar-refractivity contribution is 0.0693. The fourth-order valence-electron chi connectivity index (χ4n) is 1.89. The van der Waals surface area contributed by atoms with E-state index in [4.69, 9.17) is 5.11 Å². The van der Waals surface area contributed by atoms with Crippen molar-refractivity contribution in [2.45, 2.75) is 6.61 Å². The molecule has 0 radical (unpaired) electrons. The van der Waals surface area contributed by atoms with E-state index in [1.54, 1.807) is 24.3 Å². The first kappa shape index (κ1) is 12.3. The van der Waals surface area contributed by atoms with E-state index in [1.165, 1.54) is 12.1 Å². The van der Waals surface area contributed by atoms with E-state index in [-0.39, 0.29) is 17.7 Å². The third-order valence-corrected chi connectivity index (χ3v) is 2.71. The number of aliphatic hydroxyl groups is 1. The Hall–Kier alpha value is -2.20. The summed E-state index contributed by atoms with van der Waals surface area (Å²) in [5.41, 5.74) is 0.980. The zero-order valence-electron chi connectivity index (χ0n) is 9.43. The fourth-order valence-corrected chi connectivity index (χ4v) is 1.89. The van der Waals surface area contributed by atoms with E-state index in [0.717, 1.165) is 6.07 Å². The lowest BCUT2D eigenvalue weighted by atomic mass is 9.95. The number of carboxylic acid groups (broad SMARTS) is 1. The minimum Gasteiger partial charge on any atom is -0.478 e. The highest BCUT2D eigenvalue weighted by molar-refractivity contribution is 5.96. The third kappa shape index (κ3) is 2.10. The lowest BCUT2D eigenvalue weighted by Crippen LogP contribution is -2.04. The van der Waals surface area contributed by atoms with Crippen molar-refractivity contribution in [1.82, 2.24) is 0 Å². The molecule has 0 fully saturated rings. The smallest absolute Gasteiger partial charge is 0.339 e. The highest BCUT2D eigenvalue weighted by Crippen LogP contribution is 2.28. The van der Waals surface area contributed by atoms with Crippen LogP contribution in [0.2, 0.25) is 0 Å². The van der Waals surface area contributed by atoms with E-state index in [0.29, 0.717) is 11.1 Å². The molecule has 0 bridgehead atoms. The second-order valence-electron chi connectivity index (χ2n) is 3.78. The van der Waals surface area contributed by atoms with Gasteiger partial charge in [0.05, 0.1) is 6.61 Å². The van der Waals surface area contributed by atoms with Crippen molar-refractivity contribution in [2.75, 3.05) is 0 Å². The molecule has 0 heterocycles. The Labute approximate surface area is 103 Å².